The van der Waals surface area contributed by atoms with E-state index in [-0.39, 0.29) is 23.4 Å². The molecule has 1 atom stereocenters. The van der Waals surface area contributed by atoms with Crippen molar-refractivity contribution in [2.45, 2.75) is 19.9 Å². The van der Waals surface area contributed by atoms with Crippen LogP contribution in [0.5, 0.6) is 5.75 Å². The van der Waals surface area contributed by atoms with Crippen LogP contribution in [0.3, 0.4) is 0 Å². The Morgan fingerprint density at radius 2 is 2.00 bits per heavy atom. The minimum absolute atomic E-state index is 0.138. The molecule has 0 spiro atoms. The number of rotatable bonds is 6. The van der Waals surface area contributed by atoms with Crippen molar-refractivity contribution in [1.29, 1.82) is 0 Å². The van der Waals surface area contributed by atoms with Gasteiger partial charge in [0.2, 0.25) is 0 Å². The number of thiazole rings is 1. The van der Waals surface area contributed by atoms with Gasteiger partial charge in [-0.15, -0.1) is 0 Å². The van der Waals surface area contributed by atoms with Crippen molar-refractivity contribution in [1.82, 2.24) is 4.57 Å². The maximum Gasteiger partial charge on any atom is 0.338 e. The van der Waals surface area contributed by atoms with E-state index in [0.29, 0.717) is 26.3 Å². The van der Waals surface area contributed by atoms with Crippen molar-refractivity contribution in [2.24, 2.45) is 4.99 Å². The Kier molecular flexibility index (Phi) is 6.42. The summed E-state index contributed by atoms with van der Waals surface area (Å²) in [6.45, 7) is 3.48. The van der Waals surface area contributed by atoms with Crippen molar-refractivity contribution >= 4 is 29.1 Å². The number of nitrogens with zero attached hydrogens (tertiary/aromatic N) is 3. The van der Waals surface area contributed by atoms with Crippen molar-refractivity contribution in [3.05, 3.63) is 101 Å². The summed E-state index contributed by atoms with van der Waals surface area (Å²) in [5.74, 6) is 0.0728. The molecular formula is C24H21N3O6S. The Morgan fingerprint density at radius 1 is 1.26 bits per heavy atom. The normalized spacial score (nSPS) is 15.5. The van der Waals surface area contributed by atoms with Crippen LogP contribution in [0.1, 0.15) is 31.0 Å². The highest BCUT2D eigenvalue weighted by atomic mass is 32.1. The van der Waals surface area contributed by atoms with Crippen molar-refractivity contribution in [2.75, 3.05) is 13.7 Å². The average molecular weight is 480 g/mol. The van der Waals surface area contributed by atoms with E-state index < -0.39 is 16.9 Å². The standard InChI is InChI=1S/C24H21N3O6S/c1-4-33-23(29)20-14(2)25-24-26(21(20)16-6-5-7-17(13-16)27(30)31)22(28)19(34-24)12-15-8-10-18(32-3)11-9-15/h5-13,21H,4H2,1-3H3/b19-12-. The predicted molar refractivity (Wildman–Crippen MR) is 126 cm³/mol. The molecule has 1 aliphatic rings. The van der Waals surface area contributed by atoms with Crippen LogP contribution >= 0.6 is 11.3 Å². The zero-order chi connectivity index (χ0) is 24.4. The summed E-state index contributed by atoms with van der Waals surface area (Å²) in [5.41, 5.74) is 1.28. The maximum atomic E-state index is 13.5. The number of hydrogen-bond acceptors (Lipinski definition) is 8. The molecule has 0 amide bonds. The summed E-state index contributed by atoms with van der Waals surface area (Å²) in [7, 11) is 1.57. The number of hydrogen-bond donors (Lipinski definition) is 0. The van der Waals surface area contributed by atoms with Gasteiger partial charge in [0.05, 0.1) is 40.5 Å². The molecule has 34 heavy (non-hydrogen) atoms. The number of aromatic nitrogens is 1. The van der Waals surface area contributed by atoms with Gasteiger partial charge < -0.3 is 9.47 Å². The molecule has 0 saturated carbocycles. The Labute approximate surface area is 198 Å². The Morgan fingerprint density at radius 3 is 2.65 bits per heavy atom. The van der Waals surface area contributed by atoms with Gasteiger partial charge in [-0.2, -0.15) is 0 Å². The third-order valence-electron chi connectivity index (χ3n) is 5.33. The number of non-ortho nitro benzene ring substituents is 1. The number of methoxy groups -OCH3 is 1. The Balaban J connectivity index is 1.94. The molecule has 2 heterocycles. The lowest BCUT2D eigenvalue weighted by molar-refractivity contribution is -0.384. The molecule has 1 aliphatic heterocycles. The van der Waals surface area contributed by atoms with Crippen LogP contribution in [0.15, 0.2) is 69.6 Å². The van der Waals surface area contributed by atoms with Crippen molar-refractivity contribution in [3.63, 3.8) is 0 Å². The highest BCUT2D eigenvalue weighted by molar-refractivity contribution is 7.07. The van der Waals surface area contributed by atoms with Crippen LogP contribution in [0, 0.1) is 10.1 Å². The van der Waals surface area contributed by atoms with Gasteiger partial charge in [-0.25, -0.2) is 9.79 Å². The Hall–Kier alpha value is -4.05. The van der Waals surface area contributed by atoms with Crippen LogP contribution in [0.2, 0.25) is 0 Å². The van der Waals surface area contributed by atoms with Crippen molar-refractivity contribution in [3.8, 4) is 5.75 Å². The van der Waals surface area contributed by atoms with Crippen LogP contribution in [0.25, 0.3) is 6.08 Å². The van der Waals surface area contributed by atoms with Gasteiger partial charge in [0, 0.05) is 12.1 Å². The minimum Gasteiger partial charge on any atom is -0.497 e. The van der Waals surface area contributed by atoms with Gasteiger partial charge in [0.15, 0.2) is 4.80 Å². The van der Waals surface area contributed by atoms with E-state index in [1.807, 2.05) is 12.1 Å². The highest BCUT2D eigenvalue weighted by Crippen LogP contribution is 2.32. The smallest absolute Gasteiger partial charge is 0.338 e. The lowest BCUT2D eigenvalue weighted by atomic mass is 9.95. The van der Waals surface area contributed by atoms with E-state index in [4.69, 9.17) is 9.47 Å². The fraction of sp³-hybridized carbons (Fsp3) is 0.208. The van der Waals surface area contributed by atoms with Gasteiger partial charge in [-0.1, -0.05) is 35.6 Å². The first kappa shape index (κ1) is 23.1. The fourth-order valence-electron chi connectivity index (χ4n) is 3.77. The molecule has 3 aromatic rings. The number of nitro benzene ring substituents is 1. The molecule has 0 aliphatic carbocycles. The third kappa shape index (κ3) is 4.27. The van der Waals surface area contributed by atoms with Gasteiger partial charge in [0.1, 0.15) is 5.75 Å². The first-order valence-electron chi connectivity index (χ1n) is 10.4. The fourth-order valence-corrected chi connectivity index (χ4v) is 4.81. The van der Waals surface area contributed by atoms with Gasteiger partial charge >= 0.3 is 5.97 Å². The molecule has 2 aromatic carbocycles. The number of fused-ring (bicyclic) bond motifs is 1. The van der Waals surface area contributed by atoms with Crippen molar-refractivity contribution < 1.29 is 19.2 Å². The topological polar surface area (TPSA) is 113 Å². The number of ether oxygens (including phenoxy) is 2. The highest BCUT2D eigenvalue weighted by Gasteiger charge is 2.34. The maximum absolute atomic E-state index is 13.5. The summed E-state index contributed by atoms with van der Waals surface area (Å²) in [6.07, 6.45) is 1.73. The second-order valence-electron chi connectivity index (χ2n) is 7.43. The minimum atomic E-state index is -0.909. The van der Waals surface area contributed by atoms with Crippen LogP contribution in [-0.4, -0.2) is 29.2 Å². The lowest BCUT2D eigenvalue weighted by Crippen LogP contribution is -2.39. The molecule has 4 rings (SSSR count). The number of esters is 1. The van der Waals surface area contributed by atoms with E-state index in [1.165, 1.54) is 34.1 Å². The molecular weight excluding hydrogens is 458 g/mol. The SMILES string of the molecule is CCOC(=O)C1=C(C)N=c2s/c(=C\c3ccc(OC)cc3)c(=O)n2C1c1cccc([N+](=O)[O-])c1. The average Bonchev–Trinajstić information content (AvgIpc) is 3.13. The zero-order valence-corrected chi connectivity index (χ0v) is 19.5. The number of allylic oxidation sites excluding steroid dienone is 1. The summed E-state index contributed by atoms with van der Waals surface area (Å²) >= 11 is 1.18. The van der Waals surface area contributed by atoms with E-state index in [1.54, 1.807) is 45.2 Å². The van der Waals surface area contributed by atoms with E-state index in [2.05, 4.69) is 4.99 Å². The number of benzene rings is 2. The van der Waals surface area contributed by atoms with E-state index in [9.17, 15) is 19.7 Å². The van der Waals surface area contributed by atoms with E-state index >= 15 is 0 Å². The number of nitro groups is 1. The largest absolute Gasteiger partial charge is 0.497 e. The molecule has 0 radical (unpaired) electrons. The predicted octanol–water partition coefficient (Wildman–Crippen LogP) is 2.72. The number of carbonyl (C=O) groups is 1. The van der Waals surface area contributed by atoms with Gasteiger partial charge in [-0.05, 0) is 43.2 Å². The Bertz CT molecular complexity index is 1480. The van der Waals surface area contributed by atoms with Gasteiger partial charge in [-0.3, -0.25) is 19.5 Å². The first-order valence-corrected chi connectivity index (χ1v) is 11.2. The molecule has 174 valence electrons. The quantitative estimate of drug-likeness (QED) is 0.305. The summed E-state index contributed by atoms with van der Waals surface area (Å²) in [6, 6.07) is 12.2. The van der Waals surface area contributed by atoms with Gasteiger partial charge in [0.25, 0.3) is 11.2 Å². The number of carbonyl (C=O) groups excluding carboxylic acids is 1. The summed E-state index contributed by atoms with van der Waals surface area (Å²) in [5, 5.41) is 11.4. The summed E-state index contributed by atoms with van der Waals surface area (Å²) < 4.78 is 12.2. The molecule has 0 bridgehead atoms. The van der Waals surface area contributed by atoms with Crippen LogP contribution in [-0.2, 0) is 9.53 Å². The molecule has 0 N–H and O–H groups in total. The monoisotopic (exact) mass is 479 g/mol. The lowest BCUT2D eigenvalue weighted by Gasteiger charge is -2.24. The zero-order valence-electron chi connectivity index (χ0n) is 18.7. The van der Waals surface area contributed by atoms with Crippen LogP contribution < -0.4 is 19.6 Å². The summed E-state index contributed by atoms with van der Waals surface area (Å²) in [4.78, 5) is 42.2. The molecule has 1 aromatic heterocycles. The molecule has 0 saturated heterocycles. The first-order chi connectivity index (χ1) is 16.3. The molecule has 1 unspecified atom stereocenters. The molecule has 0 fully saturated rings. The second kappa shape index (κ2) is 9.44. The third-order valence-corrected chi connectivity index (χ3v) is 6.31. The molecule has 10 heteroatoms. The van der Waals surface area contributed by atoms with E-state index in [0.717, 1.165) is 5.56 Å². The molecule has 9 nitrogen and oxygen atoms in total. The second-order valence-corrected chi connectivity index (χ2v) is 8.44. The van der Waals surface area contributed by atoms with Crippen LogP contribution in [0.4, 0.5) is 5.69 Å².